The van der Waals surface area contributed by atoms with Crippen molar-refractivity contribution in [3.8, 4) is 5.75 Å². The summed E-state index contributed by atoms with van der Waals surface area (Å²) >= 11 is 0. The van der Waals surface area contributed by atoms with E-state index in [1.54, 1.807) is 6.07 Å². The lowest BCUT2D eigenvalue weighted by molar-refractivity contribution is -0.117. The summed E-state index contributed by atoms with van der Waals surface area (Å²) in [7, 11) is 0. The smallest absolute Gasteiger partial charge is 0.227 e. The van der Waals surface area contributed by atoms with E-state index in [-0.39, 0.29) is 17.8 Å². The Bertz CT molecular complexity index is 873. The van der Waals surface area contributed by atoms with E-state index in [9.17, 15) is 9.18 Å². The van der Waals surface area contributed by atoms with Gasteiger partial charge < -0.3 is 19.9 Å². The maximum absolute atomic E-state index is 13.4. The van der Waals surface area contributed by atoms with Crippen molar-refractivity contribution in [1.29, 1.82) is 0 Å². The van der Waals surface area contributed by atoms with Crippen LogP contribution in [0.3, 0.4) is 0 Å². The van der Waals surface area contributed by atoms with Crippen molar-refractivity contribution in [3.63, 3.8) is 0 Å². The molecule has 31 heavy (non-hydrogen) atoms. The molecule has 1 N–H and O–H groups in total. The first kappa shape index (κ1) is 21.6. The summed E-state index contributed by atoms with van der Waals surface area (Å²) in [6.45, 7) is 5.87. The molecule has 5 nitrogen and oxygen atoms in total. The fourth-order valence-electron chi connectivity index (χ4n) is 4.61. The Morgan fingerprint density at radius 1 is 1.16 bits per heavy atom. The molecule has 4 rings (SSSR count). The average molecular weight is 426 g/mol. The van der Waals surface area contributed by atoms with Crippen LogP contribution in [0.25, 0.3) is 0 Å². The molecule has 2 unspecified atom stereocenters. The van der Waals surface area contributed by atoms with Gasteiger partial charge >= 0.3 is 0 Å². The lowest BCUT2D eigenvalue weighted by atomic mass is 10.2. The number of carbonyl (C=O) groups is 1. The minimum Gasteiger partial charge on any atom is -0.494 e. The zero-order chi connectivity index (χ0) is 21.6. The predicted octanol–water partition coefficient (Wildman–Crippen LogP) is 4.69. The normalized spacial score (nSPS) is 21.6. The summed E-state index contributed by atoms with van der Waals surface area (Å²) in [5, 5.41) is 3.26. The fraction of sp³-hybridized carbons (Fsp3) is 0.480. The second-order valence-corrected chi connectivity index (χ2v) is 8.57. The summed E-state index contributed by atoms with van der Waals surface area (Å²) in [5.41, 5.74) is 1.61. The van der Waals surface area contributed by atoms with Crippen LogP contribution in [0.2, 0.25) is 0 Å². The third kappa shape index (κ3) is 5.56. The first-order valence-corrected chi connectivity index (χ1v) is 11.4. The van der Waals surface area contributed by atoms with Gasteiger partial charge in [-0.1, -0.05) is 6.07 Å². The number of anilines is 2. The third-order valence-corrected chi connectivity index (χ3v) is 6.36. The number of hydrogen-bond donors (Lipinski definition) is 1. The predicted molar refractivity (Wildman–Crippen MR) is 122 cm³/mol. The van der Waals surface area contributed by atoms with Crippen molar-refractivity contribution in [2.45, 2.75) is 51.1 Å². The molecule has 2 aliphatic heterocycles. The number of rotatable bonds is 9. The third-order valence-electron chi connectivity index (χ3n) is 6.36. The lowest BCUT2D eigenvalue weighted by Crippen LogP contribution is -2.37. The van der Waals surface area contributed by atoms with Gasteiger partial charge in [0.05, 0.1) is 12.6 Å². The Kier molecular flexibility index (Phi) is 7.07. The van der Waals surface area contributed by atoms with Gasteiger partial charge in [-0.05, 0) is 81.6 Å². The molecular formula is C25H32FN3O2. The second-order valence-electron chi connectivity index (χ2n) is 8.57. The monoisotopic (exact) mass is 425 g/mol. The molecule has 2 heterocycles. The first-order valence-electron chi connectivity index (χ1n) is 11.4. The van der Waals surface area contributed by atoms with Gasteiger partial charge in [-0.3, -0.25) is 4.79 Å². The van der Waals surface area contributed by atoms with Crippen LogP contribution < -0.4 is 15.0 Å². The van der Waals surface area contributed by atoms with Gasteiger partial charge in [-0.25, -0.2) is 4.39 Å². The summed E-state index contributed by atoms with van der Waals surface area (Å²) in [5.74, 6) is 0.689. The second kappa shape index (κ2) is 10.1. The van der Waals surface area contributed by atoms with Crippen LogP contribution in [0.4, 0.5) is 15.8 Å². The van der Waals surface area contributed by atoms with E-state index in [2.05, 4.69) is 17.1 Å². The van der Waals surface area contributed by atoms with Gasteiger partial charge in [0.25, 0.3) is 0 Å². The zero-order valence-corrected chi connectivity index (χ0v) is 18.2. The number of nitrogens with zero attached hydrogens (tertiary/aromatic N) is 2. The summed E-state index contributed by atoms with van der Waals surface area (Å²) < 4.78 is 19.3. The number of carbonyl (C=O) groups excluding carboxylic acids is 1. The van der Waals surface area contributed by atoms with Gasteiger partial charge in [0.15, 0.2) is 0 Å². The van der Waals surface area contributed by atoms with E-state index in [4.69, 9.17) is 4.74 Å². The highest BCUT2D eigenvalue weighted by molar-refractivity contribution is 5.96. The van der Waals surface area contributed by atoms with Crippen molar-refractivity contribution in [3.05, 3.63) is 54.3 Å². The van der Waals surface area contributed by atoms with Crippen LogP contribution in [0.1, 0.15) is 39.0 Å². The molecule has 0 saturated carbocycles. The quantitative estimate of drug-likeness (QED) is 0.592. The van der Waals surface area contributed by atoms with E-state index >= 15 is 0 Å². The van der Waals surface area contributed by atoms with Crippen LogP contribution >= 0.6 is 0 Å². The number of likely N-dealkylation sites (tertiary alicyclic amines) is 1. The molecule has 2 aromatic carbocycles. The molecular weight excluding hydrogens is 393 g/mol. The minimum atomic E-state index is -0.269. The molecule has 0 aromatic heterocycles. The molecule has 2 aromatic rings. The van der Waals surface area contributed by atoms with Crippen molar-refractivity contribution in [1.82, 2.24) is 4.90 Å². The SMILES string of the molecule is CC1CCCN1CCCOc1ccc(N2C(=O)CCC2CNc2cccc(F)c2)cc1. The average Bonchev–Trinajstić information content (AvgIpc) is 3.35. The first-order chi connectivity index (χ1) is 15.1. The fourth-order valence-corrected chi connectivity index (χ4v) is 4.61. The van der Waals surface area contributed by atoms with Crippen LogP contribution in [0.5, 0.6) is 5.75 Å². The summed E-state index contributed by atoms with van der Waals surface area (Å²) in [6, 6.07) is 14.9. The minimum absolute atomic E-state index is 0.0463. The molecule has 2 aliphatic rings. The molecule has 2 atom stereocenters. The number of halogens is 1. The standard InChI is InChI=1S/C25H32FN3O2/c1-19-5-3-14-28(19)15-4-16-31-24-11-8-22(9-12-24)29-23(10-13-25(29)30)18-27-21-7-2-6-20(26)17-21/h2,6-9,11-12,17,19,23,27H,3-5,10,13-16,18H2,1H3. The van der Waals surface area contributed by atoms with E-state index in [0.29, 0.717) is 25.6 Å². The Morgan fingerprint density at radius 3 is 2.74 bits per heavy atom. The lowest BCUT2D eigenvalue weighted by Gasteiger charge is -2.26. The van der Waals surface area contributed by atoms with E-state index < -0.39 is 0 Å². The highest BCUT2D eigenvalue weighted by Crippen LogP contribution is 2.29. The Morgan fingerprint density at radius 2 is 2.00 bits per heavy atom. The largest absolute Gasteiger partial charge is 0.494 e. The number of hydrogen-bond acceptors (Lipinski definition) is 4. The highest BCUT2D eigenvalue weighted by atomic mass is 19.1. The number of amides is 1. The van der Waals surface area contributed by atoms with Crippen LogP contribution in [0, 0.1) is 5.82 Å². The maximum Gasteiger partial charge on any atom is 0.227 e. The summed E-state index contributed by atoms with van der Waals surface area (Å²) in [6.07, 6.45) is 4.94. The molecule has 166 valence electrons. The zero-order valence-electron chi connectivity index (χ0n) is 18.2. The Balaban J connectivity index is 1.28. The number of nitrogens with one attached hydrogen (secondary N) is 1. The molecule has 0 spiro atoms. The molecule has 0 aliphatic carbocycles. The van der Waals surface area contributed by atoms with Gasteiger partial charge in [0.1, 0.15) is 11.6 Å². The maximum atomic E-state index is 13.4. The van der Waals surface area contributed by atoms with Crippen molar-refractivity contribution < 1.29 is 13.9 Å². The molecule has 0 bridgehead atoms. The molecule has 2 saturated heterocycles. The van der Waals surface area contributed by atoms with Crippen molar-refractivity contribution >= 4 is 17.3 Å². The van der Waals surface area contributed by atoms with Gasteiger partial charge in [0.2, 0.25) is 5.91 Å². The van der Waals surface area contributed by atoms with Crippen LogP contribution in [0.15, 0.2) is 48.5 Å². The molecule has 1 amide bonds. The van der Waals surface area contributed by atoms with Gasteiger partial charge in [-0.2, -0.15) is 0 Å². The number of benzene rings is 2. The van der Waals surface area contributed by atoms with E-state index in [0.717, 1.165) is 36.5 Å². The molecule has 6 heteroatoms. The van der Waals surface area contributed by atoms with Crippen LogP contribution in [-0.4, -0.2) is 49.1 Å². The van der Waals surface area contributed by atoms with E-state index in [1.165, 1.54) is 31.5 Å². The Labute approximate surface area is 184 Å². The topological polar surface area (TPSA) is 44.8 Å². The Hall–Kier alpha value is -2.60. The van der Waals surface area contributed by atoms with Crippen molar-refractivity contribution in [2.75, 3.05) is 36.5 Å². The summed E-state index contributed by atoms with van der Waals surface area (Å²) in [4.78, 5) is 16.9. The molecule has 2 fully saturated rings. The molecule has 0 radical (unpaired) electrons. The van der Waals surface area contributed by atoms with Crippen LogP contribution in [-0.2, 0) is 4.79 Å². The van der Waals surface area contributed by atoms with Gasteiger partial charge in [-0.15, -0.1) is 0 Å². The highest BCUT2D eigenvalue weighted by Gasteiger charge is 2.32. The van der Waals surface area contributed by atoms with Crippen molar-refractivity contribution in [2.24, 2.45) is 0 Å². The van der Waals surface area contributed by atoms with Gasteiger partial charge in [0, 0.05) is 36.9 Å². The number of ether oxygens (including phenoxy) is 1. The van der Waals surface area contributed by atoms with E-state index in [1.807, 2.05) is 35.2 Å².